The van der Waals surface area contributed by atoms with Crippen LogP contribution in [0.25, 0.3) is 0 Å². The second-order valence-corrected chi connectivity index (χ2v) is 12.3. The first-order chi connectivity index (χ1) is 27.5. The molecule has 0 spiro atoms. The van der Waals surface area contributed by atoms with E-state index in [9.17, 15) is 52.7 Å². The Morgan fingerprint density at radius 1 is 0.339 bits per heavy atom. The van der Waals surface area contributed by atoms with Gasteiger partial charge in [0.2, 0.25) is 0 Å². The van der Waals surface area contributed by atoms with Crippen molar-refractivity contribution in [2.75, 3.05) is 0 Å². The number of halogens is 20. The smallest absolute Gasteiger partial charge is 0.200 e. The highest BCUT2D eigenvalue weighted by Crippen LogP contribution is 2.30. The van der Waals surface area contributed by atoms with Crippen LogP contribution in [0.3, 0.4) is 0 Å². The van der Waals surface area contributed by atoms with Gasteiger partial charge in [0, 0.05) is 17.7 Å². The van der Waals surface area contributed by atoms with Crippen LogP contribution in [0, 0.1) is 123 Å². The quantitative estimate of drug-likeness (QED) is 0.0524. The van der Waals surface area contributed by atoms with Gasteiger partial charge in [0.15, 0.2) is 88.7 Å². The zero-order valence-corrected chi connectivity index (χ0v) is 28.5. The molecule has 0 aliphatic carbocycles. The monoisotopic (exact) mass is 863 g/mol. The van der Waals surface area contributed by atoms with Gasteiger partial charge in [-0.1, -0.05) is 29.8 Å². The summed E-state index contributed by atoms with van der Waals surface area (Å²) in [6, 6.07) is 14.7. The maximum atomic E-state index is 15.4. The fraction of sp³-hybridized carbons (Fsp3) is 0.0541. The number of benzene rings is 5. The number of aryl methyl sites for hydroxylation is 1. The van der Waals surface area contributed by atoms with E-state index in [0.717, 1.165) is 6.54 Å². The van der Waals surface area contributed by atoms with E-state index in [4.69, 9.17) is 0 Å². The van der Waals surface area contributed by atoms with Crippen LogP contribution >= 0.6 is 0 Å². The average molecular weight is 863 g/mol. The lowest BCUT2D eigenvalue weighted by atomic mass is 9.12. The number of nitrogens with zero attached hydrogens (tertiary/aromatic N) is 1. The maximum absolute atomic E-state index is 15.4. The molecule has 1 nitrogen and oxygen atoms in total. The molecule has 0 aliphatic heterocycles. The van der Waals surface area contributed by atoms with Crippen molar-refractivity contribution in [3.63, 3.8) is 0 Å². The van der Waals surface area contributed by atoms with Gasteiger partial charge in [0.25, 0.3) is 0 Å². The molecule has 1 aromatic heterocycles. The van der Waals surface area contributed by atoms with Crippen molar-refractivity contribution in [2.45, 2.75) is 13.5 Å². The average Bonchev–Trinajstić information content (AvgIpc) is 3.21. The first-order valence-corrected chi connectivity index (χ1v) is 15.8. The van der Waals surface area contributed by atoms with E-state index in [-0.39, 0.29) is 0 Å². The van der Waals surface area contributed by atoms with Crippen molar-refractivity contribution in [1.29, 1.82) is 0 Å². The first-order valence-electron chi connectivity index (χ1n) is 15.8. The summed E-state index contributed by atoms with van der Waals surface area (Å²) in [5.41, 5.74) is -11.7. The van der Waals surface area contributed by atoms with E-state index in [2.05, 4.69) is 60.3 Å². The van der Waals surface area contributed by atoms with Crippen molar-refractivity contribution in [3.8, 4) is 0 Å². The summed E-state index contributed by atoms with van der Waals surface area (Å²) < 4.78 is 296. The molecule has 5 aromatic carbocycles. The van der Waals surface area contributed by atoms with E-state index in [0.29, 0.717) is 0 Å². The Kier molecular flexibility index (Phi) is 12.1. The minimum Gasteiger partial charge on any atom is -0.207 e. The molecular weight excluding hydrogens is 849 g/mol. The topological polar surface area (TPSA) is 3.88 Å². The highest BCUT2D eigenvalue weighted by molar-refractivity contribution is 7.20. The lowest BCUT2D eigenvalue weighted by Gasteiger charge is -2.44. The van der Waals surface area contributed by atoms with Gasteiger partial charge >= 0.3 is 0 Å². The number of pyridine rings is 1. The summed E-state index contributed by atoms with van der Waals surface area (Å²) in [5.74, 6) is -71.4. The minimum absolute atomic E-state index is 0.947. The predicted molar refractivity (Wildman–Crippen MR) is 166 cm³/mol. The van der Waals surface area contributed by atoms with Crippen molar-refractivity contribution in [1.82, 2.24) is 0 Å². The third-order valence-electron chi connectivity index (χ3n) is 8.93. The van der Waals surface area contributed by atoms with E-state index >= 15 is 35.1 Å². The highest BCUT2D eigenvalue weighted by Gasteiger charge is 2.52. The molecule has 0 fully saturated rings. The van der Waals surface area contributed by atoms with Crippen LogP contribution < -0.4 is 26.4 Å². The van der Waals surface area contributed by atoms with E-state index < -0.39 is 144 Å². The molecule has 6 aromatic rings. The van der Waals surface area contributed by atoms with Crippen LogP contribution in [0.5, 0.6) is 0 Å². The Morgan fingerprint density at radius 3 is 0.847 bits per heavy atom. The number of hydrogen-bond donors (Lipinski definition) is 0. The largest absolute Gasteiger partial charge is 0.207 e. The fourth-order valence-electron chi connectivity index (χ4n) is 6.44. The zero-order valence-electron chi connectivity index (χ0n) is 28.5. The van der Waals surface area contributed by atoms with Crippen molar-refractivity contribution >= 4 is 28.0 Å². The lowest BCUT2D eigenvalue weighted by Crippen LogP contribution is -2.81. The summed E-state index contributed by atoms with van der Waals surface area (Å²) in [7, 11) is 0. The van der Waals surface area contributed by atoms with Crippen molar-refractivity contribution in [3.05, 3.63) is 182 Å². The third kappa shape index (κ3) is 7.00. The summed E-state index contributed by atoms with van der Waals surface area (Å²) in [4.78, 5) is 0. The molecular formula is C37H14BF20N. The zero-order chi connectivity index (χ0) is 44.2. The van der Waals surface area contributed by atoms with Crippen LogP contribution in [0.2, 0.25) is 0 Å². The molecule has 1 heterocycles. The predicted octanol–water partition coefficient (Wildman–Crippen LogP) is 8.18. The second-order valence-electron chi connectivity index (χ2n) is 12.3. The Hall–Kier alpha value is -6.09. The molecule has 0 aliphatic rings. The standard InChI is InChI=1S/C24BF20.C13H14N/c26-5-1(6(27)14(35)21(42)13(5)34)25(2-7(28)15(36)22(43)16(37)8(2)29,3-9(30)17(38)23(44)18(39)10(3)31)4-11(32)19(40)24(45)20(41)12(4)33;1-12-6-5-7-13(10-12)11-14-8-3-2-4-9-14/h;2-10H,11H2,1H3/q-1;+1. The molecule has 0 atom stereocenters. The summed E-state index contributed by atoms with van der Waals surface area (Å²) in [6.45, 7) is 3.07. The Labute approximate surface area is 316 Å². The molecule has 0 unspecified atom stereocenters. The van der Waals surface area contributed by atoms with E-state index in [1.165, 1.54) is 11.1 Å². The number of hydrogen-bond acceptors (Lipinski definition) is 0. The SMILES string of the molecule is Cc1cccc(C[n+]2ccccc2)c1.Fc1c(F)c(F)c([B-](c2c(F)c(F)c(F)c(F)c2F)(c2c(F)c(F)c(F)c(F)c2F)c2c(F)c(F)c(F)c(F)c2F)c(F)c1F. The van der Waals surface area contributed by atoms with Crippen molar-refractivity contribution < 1.29 is 92.4 Å². The van der Waals surface area contributed by atoms with Gasteiger partial charge in [-0.2, -0.15) is 0 Å². The number of rotatable bonds is 6. The molecule has 22 heteroatoms. The molecule has 0 radical (unpaired) electrons. The maximum Gasteiger partial charge on any atom is 0.200 e. The molecule has 6 rings (SSSR count). The molecule has 0 N–H and O–H groups in total. The molecule has 310 valence electrons. The van der Waals surface area contributed by atoms with Gasteiger partial charge in [-0.05, 0) is 13.0 Å². The van der Waals surface area contributed by atoms with Crippen LogP contribution in [-0.4, -0.2) is 6.15 Å². The summed E-state index contributed by atoms with van der Waals surface area (Å²) in [5, 5.41) is 0. The highest BCUT2D eigenvalue weighted by atomic mass is 19.2. The molecule has 0 bridgehead atoms. The Bertz CT molecular complexity index is 2270. The lowest BCUT2D eigenvalue weighted by molar-refractivity contribution is -0.688. The van der Waals surface area contributed by atoms with Gasteiger partial charge in [0.1, 0.15) is 52.7 Å². The Morgan fingerprint density at radius 2 is 0.593 bits per heavy atom. The molecule has 0 saturated carbocycles. The summed E-state index contributed by atoms with van der Waals surface area (Å²) in [6.07, 6.45) is -3.05. The second kappa shape index (κ2) is 16.3. The van der Waals surface area contributed by atoms with Gasteiger partial charge in [-0.15, -0.1) is 21.9 Å². The normalized spacial score (nSPS) is 11.5. The van der Waals surface area contributed by atoms with Crippen LogP contribution in [-0.2, 0) is 6.54 Å². The van der Waals surface area contributed by atoms with Crippen LogP contribution in [0.4, 0.5) is 87.8 Å². The Balaban J connectivity index is 0.000000395. The van der Waals surface area contributed by atoms with Crippen LogP contribution in [0.1, 0.15) is 11.1 Å². The van der Waals surface area contributed by atoms with E-state index in [1.807, 2.05) is 6.07 Å². The summed E-state index contributed by atoms with van der Waals surface area (Å²) >= 11 is 0. The molecule has 0 saturated heterocycles. The first kappa shape index (κ1) is 44.0. The minimum atomic E-state index is -7.22. The van der Waals surface area contributed by atoms with Crippen LogP contribution in [0.15, 0.2) is 54.9 Å². The van der Waals surface area contributed by atoms with Gasteiger partial charge in [-0.25, -0.2) is 92.4 Å². The fourth-order valence-corrected chi connectivity index (χ4v) is 6.44. The third-order valence-corrected chi connectivity index (χ3v) is 8.93. The van der Waals surface area contributed by atoms with Gasteiger partial charge in [-0.3, -0.25) is 0 Å². The number of aromatic nitrogens is 1. The van der Waals surface area contributed by atoms with Crippen molar-refractivity contribution in [2.24, 2.45) is 0 Å². The van der Waals surface area contributed by atoms with E-state index in [1.54, 1.807) is 0 Å². The molecule has 59 heavy (non-hydrogen) atoms. The van der Waals surface area contributed by atoms with Gasteiger partial charge in [0.05, 0.1) is 0 Å². The molecule has 0 amide bonds. The van der Waals surface area contributed by atoms with Gasteiger partial charge < -0.3 is 0 Å².